The lowest BCUT2D eigenvalue weighted by Crippen LogP contribution is -2.36. The van der Waals surface area contributed by atoms with E-state index in [9.17, 15) is 4.79 Å². The molecule has 0 fully saturated rings. The number of aryl methyl sites for hydroxylation is 1. The van der Waals surface area contributed by atoms with Crippen molar-refractivity contribution < 1.29 is 4.79 Å². The molecule has 0 aromatic carbocycles. The molecule has 78 valence electrons. The highest BCUT2D eigenvalue weighted by molar-refractivity contribution is 7.08. The average Bonchev–Trinajstić information content (AvgIpc) is 2.59. The number of urea groups is 1. The second kappa shape index (κ2) is 5.00. The van der Waals surface area contributed by atoms with Crippen LogP contribution in [0.4, 0.5) is 4.79 Å². The van der Waals surface area contributed by atoms with Crippen LogP contribution in [0.5, 0.6) is 0 Å². The van der Waals surface area contributed by atoms with E-state index in [1.54, 1.807) is 23.3 Å². The van der Waals surface area contributed by atoms with Gasteiger partial charge in [0.1, 0.15) is 0 Å². The van der Waals surface area contributed by atoms with E-state index >= 15 is 0 Å². The van der Waals surface area contributed by atoms with Crippen LogP contribution in [-0.4, -0.2) is 24.5 Å². The van der Waals surface area contributed by atoms with Gasteiger partial charge in [0, 0.05) is 20.1 Å². The largest absolute Gasteiger partial charge is 0.334 e. The van der Waals surface area contributed by atoms with E-state index in [1.807, 2.05) is 6.92 Å². The third-order valence-corrected chi connectivity index (χ3v) is 3.12. The summed E-state index contributed by atoms with van der Waals surface area (Å²) in [4.78, 5) is 13.1. The molecule has 2 amide bonds. The number of nitrogens with one attached hydrogen (secondary N) is 1. The maximum atomic E-state index is 11.4. The second-order valence-electron chi connectivity index (χ2n) is 3.25. The highest BCUT2D eigenvalue weighted by atomic mass is 32.1. The highest BCUT2D eigenvalue weighted by Gasteiger charge is 2.06. The standard InChI is InChI=1S/C10H16N2OS/c1-4-12(3)10(13)11-5-9-7-14-6-8(9)2/h6-7H,4-5H2,1-3H3,(H,11,13). The molecular formula is C10H16N2OS. The minimum Gasteiger partial charge on any atom is -0.334 e. The van der Waals surface area contributed by atoms with E-state index in [0.717, 1.165) is 6.54 Å². The lowest BCUT2D eigenvalue weighted by atomic mass is 10.2. The van der Waals surface area contributed by atoms with E-state index in [1.165, 1.54) is 11.1 Å². The monoisotopic (exact) mass is 212 g/mol. The van der Waals surface area contributed by atoms with Crippen molar-refractivity contribution >= 4 is 17.4 Å². The molecule has 1 heterocycles. The lowest BCUT2D eigenvalue weighted by molar-refractivity contribution is 0.210. The van der Waals surface area contributed by atoms with Crippen molar-refractivity contribution in [3.8, 4) is 0 Å². The molecule has 3 nitrogen and oxygen atoms in total. The third-order valence-electron chi connectivity index (χ3n) is 2.21. The minimum atomic E-state index is -0.0156. The molecule has 1 aromatic heterocycles. The van der Waals surface area contributed by atoms with Gasteiger partial charge in [0.05, 0.1) is 0 Å². The zero-order valence-electron chi connectivity index (χ0n) is 8.83. The maximum Gasteiger partial charge on any atom is 0.317 e. The molecule has 1 rings (SSSR count). The summed E-state index contributed by atoms with van der Waals surface area (Å²) in [6, 6.07) is -0.0156. The summed E-state index contributed by atoms with van der Waals surface area (Å²) < 4.78 is 0. The predicted octanol–water partition coefficient (Wildman–Crippen LogP) is 2.22. The molecule has 14 heavy (non-hydrogen) atoms. The first kappa shape index (κ1) is 11.0. The Bertz CT molecular complexity index is 309. The van der Waals surface area contributed by atoms with Crippen LogP contribution in [0, 0.1) is 6.92 Å². The van der Waals surface area contributed by atoms with Crippen LogP contribution >= 0.6 is 11.3 Å². The Morgan fingerprint density at radius 3 is 2.79 bits per heavy atom. The number of thiophene rings is 1. The van der Waals surface area contributed by atoms with Crippen LogP contribution < -0.4 is 5.32 Å². The van der Waals surface area contributed by atoms with Crippen molar-refractivity contribution in [1.82, 2.24) is 10.2 Å². The van der Waals surface area contributed by atoms with Crippen molar-refractivity contribution in [2.75, 3.05) is 13.6 Å². The molecule has 0 unspecified atom stereocenters. The predicted molar refractivity (Wildman–Crippen MR) is 59.6 cm³/mol. The van der Waals surface area contributed by atoms with Crippen molar-refractivity contribution in [1.29, 1.82) is 0 Å². The van der Waals surface area contributed by atoms with E-state index in [-0.39, 0.29) is 6.03 Å². The molecule has 4 heteroatoms. The Hall–Kier alpha value is -1.03. The normalized spacial score (nSPS) is 9.93. The molecule has 0 aliphatic carbocycles. The van der Waals surface area contributed by atoms with Crippen molar-refractivity contribution in [2.24, 2.45) is 0 Å². The van der Waals surface area contributed by atoms with Crippen molar-refractivity contribution in [2.45, 2.75) is 20.4 Å². The second-order valence-corrected chi connectivity index (χ2v) is 4.00. The topological polar surface area (TPSA) is 32.3 Å². The molecule has 0 aliphatic heterocycles. The van der Waals surface area contributed by atoms with Gasteiger partial charge >= 0.3 is 6.03 Å². The van der Waals surface area contributed by atoms with Gasteiger partial charge in [0.25, 0.3) is 0 Å². The zero-order chi connectivity index (χ0) is 10.6. The number of hydrogen-bond acceptors (Lipinski definition) is 2. The SMILES string of the molecule is CCN(C)C(=O)NCc1cscc1C. The summed E-state index contributed by atoms with van der Waals surface area (Å²) in [5, 5.41) is 7.03. The van der Waals surface area contributed by atoms with Crippen molar-refractivity contribution in [3.05, 3.63) is 21.9 Å². The lowest BCUT2D eigenvalue weighted by Gasteiger charge is -2.15. The van der Waals surface area contributed by atoms with E-state index in [2.05, 4.69) is 23.0 Å². The molecular weight excluding hydrogens is 196 g/mol. The Labute approximate surface area is 88.7 Å². The van der Waals surface area contributed by atoms with Gasteiger partial charge in [-0.25, -0.2) is 4.79 Å². The number of hydrogen-bond donors (Lipinski definition) is 1. The molecule has 0 saturated heterocycles. The summed E-state index contributed by atoms with van der Waals surface area (Å²) in [5.41, 5.74) is 2.45. The van der Waals surface area contributed by atoms with Gasteiger partial charge in [0.2, 0.25) is 0 Å². The number of nitrogens with zero attached hydrogens (tertiary/aromatic N) is 1. The molecule has 0 saturated carbocycles. The Kier molecular flexibility index (Phi) is 3.95. The van der Waals surface area contributed by atoms with Crippen LogP contribution in [0.2, 0.25) is 0 Å². The van der Waals surface area contributed by atoms with Crippen LogP contribution in [0.25, 0.3) is 0 Å². The van der Waals surface area contributed by atoms with Gasteiger partial charge in [-0.1, -0.05) is 0 Å². The van der Waals surface area contributed by atoms with Gasteiger partial charge in [0.15, 0.2) is 0 Å². The fraction of sp³-hybridized carbons (Fsp3) is 0.500. The molecule has 0 aliphatic rings. The van der Waals surface area contributed by atoms with E-state index < -0.39 is 0 Å². The first-order valence-electron chi connectivity index (χ1n) is 4.65. The summed E-state index contributed by atoms with van der Waals surface area (Å²) >= 11 is 1.67. The summed E-state index contributed by atoms with van der Waals surface area (Å²) in [7, 11) is 1.79. The first-order valence-corrected chi connectivity index (χ1v) is 5.60. The summed E-state index contributed by atoms with van der Waals surface area (Å²) in [6.45, 7) is 5.36. The fourth-order valence-corrected chi connectivity index (χ4v) is 1.87. The van der Waals surface area contributed by atoms with Crippen LogP contribution in [0.3, 0.4) is 0 Å². The molecule has 0 radical (unpaired) electrons. The van der Waals surface area contributed by atoms with Gasteiger partial charge in [-0.2, -0.15) is 11.3 Å². The minimum absolute atomic E-state index is 0.0156. The fourth-order valence-electron chi connectivity index (χ4n) is 1.02. The zero-order valence-corrected chi connectivity index (χ0v) is 9.65. The number of carbonyl (C=O) groups excluding carboxylic acids is 1. The highest BCUT2D eigenvalue weighted by Crippen LogP contribution is 2.12. The quantitative estimate of drug-likeness (QED) is 0.818. The van der Waals surface area contributed by atoms with Gasteiger partial charge in [-0.15, -0.1) is 0 Å². The van der Waals surface area contributed by atoms with Gasteiger partial charge in [-0.05, 0) is 35.7 Å². The average molecular weight is 212 g/mol. The van der Waals surface area contributed by atoms with Gasteiger partial charge < -0.3 is 10.2 Å². The van der Waals surface area contributed by atoms with E-state index in [4.69, 9.17) is 0 Å². The van der Waals surface area contributed by atoms with Crippen molar-refractivity contribution in [3.63, 3.8) is 0 Å². The molecule has 0 spiro atoms. The number of rotatable bonds is 3. The number of carbonyl (C=O) groups is 1. The van der Waals surface area contributed by atoms with Gasteiger partial charge in [-0.3, -0.25) is 0 Å². The smallest absolute Gasteiger partial charge is 0.317 e. The molecule has 0 bridgehead atoms. The number of amides is 2. The molecule has 0 atom stereocenters. The van der Waals surface area contributed by atoms with Crippen LogP contribution in [-0.2, 0) is 6.54 Å². The van der Waals surface area contributed by atoms with Crippen LogP contribution in [0.1, 0.15) is 18.1 Å². The molecule has 1 aromatic rings. The summed E-state index contributed by atoms with van der Waals surface area (Å²) in [5.74, 6) is 0. The maximum absolute atomic E-state index is 11.4. The first-order chi connectivity index (χ1) is 6.65. The Morgan fingerprint density at radius 1 is 1.57 bits per heavy atom. The third kappa shape index (κ3) is 2.73. The van der Waals surface area contributed by atoms with Crippen LogP contribution in [0.15, 0.2) is 10.8 Å². The Balaban J connectivity index is 2.41. The summed E-state index contributed by atoms with van der Waals surface area (Å²) in [6.07, 6.45) is 0. The Morgan fingerprint density at radius 2 is 2.29 bits per heavy atom. The van der Waals surface area contributed by atoms with E-state index in [0.29, 0.717) is 6.54 Å². The molecule has 1 N–H and O–H groups in total.